The highest BCUT2D eigenvalue weighted by molar-refractivity contribution is 5.52. The van der Waals surface area contributed by atoms with E-state index >= 15 is 0 Å². The van der Waals surface area contributed by atoms with E-state index in [2.05, 4.69) is 4.98 Å². The first kappa shape index (κ1) is 9.65. The van der Waals surface area contributed by atoms with Crippen molar-refractivity contribution in [2.24, 2.45) is 0 Å². The van der Waals surface area contributed by atoms with Crippen molar-refractivity contribution in [1.82, 2.24) is 4.98 Å². The Kier molecular flexibility index (Phi) is 2.37. The fourth-order valence-electron chi connectivity index (χ4n) is 1.28. The van der Waals surface area contributed by atoms with Crippen LogP contribution in [0.5, 0.6) is 0 Å². The average molecular weight is 201 g/mol. The minimum Gasteiger partial charge on any atom is -0.442 e. The topological polar surface area (TPSA) is 43.1 Å². The summed E-state index contributed by atoms with van der Waals surface area (Å²) in [5, 5.41) is 0. The van der Waals surface area contributed by atoms with Gasteiger partial charge in [0.1, 0.15) is 5.76 Å². The van der Waals surface area contributed by atoms with Gasteiger partial charge in [0.05, 0.1) is 5.56 Å². The molecule has 0 amide bonds. The first-order valence-electron chi connectivity index (χ1n) is 4.72. The minimum atomic E-state index is -0.224. The van der Waals surface area contributed by atoms with Gasteiger partial charge in [0.25, 0.3) is 5.56 Å². The van der Waals surface area contributed by atoms with Crippen molar-refractivity contribution < 1.29 is 4.42 Å². The highest BCUT2D eigenvalue weighted by atomic mass is 16.3. The van der Waals surface area contributed by atoms with Gasteiger partial charge >= 0.3 is 0 Å². The molecule has 15 heavy (non-hydrogen) atoms. The third kappa shape index (κ3) is 1.81. The van der Waals surface area contributed by atoms with Gasteiger partial charge in [-0.15, -0.1) is 0 Å². The summed E-state index contributed by atoms with van der Waals surface area (Å²) in [6.45, 7) is 3.48. The van der Waals surface area contributed by atoms with Gasteiger partial charge in [0, 0.05) is 5.56 Å². The normalized spacial score (nSPS) is 10.3. The summed E-state index contributed by atoms with van der Waals surface area (Å²) < 4.78 is 5.46. The maximum atomic E-state index is 11.5. The zero-order valence-corrected chi connectivity index (χ0v) is 8.65. The van der Waals surface area contributed by atoms with Crippen LogP contribution in [0.2, 0.25) is 0 Å². The predicted molar refractivity (Wildman–Crippen MR) is 57.7 cm³/mol. The second-order valence-electron chi connectivity index (χ2n) is 3.37. The van der Waals surface area contributed by atoms with E-state index in [9.17, 15) is 4.79 Å². The molecule has 0 aliphatic heterocycles. The van der Waals surface area contributed by atoms with E-state index in [0.29, 0.717) is 17.2 Å². The summed E-state index contributed by atoms with van der Waals surface area (Å²) in [6, 6.07) is 9.39. The minimum absolute atomic E-state index is 0.224. The fourth-order valence-corrected chi connectivity index (χ4v) is 1.28. The van der Waals surface area contributed by atoms with E-state index in [1.807, 2.05) is 30.3 Å². The van der Waals surface area contributed by atoms with Gasteiger partial charge in [-0.2, -0.15) is 4.98 Å². The first-order valence-corrected chi connectivity index (χ1v) is 4.72. The molecule has 3 nitrogen and oxygen atoms in total. The fraction of sp³-hybridized carbons (Fsp3) is 0.167. The molecule has 1 aromatic heterocycles. The van der Waals surface area contributed by atoms with Crippen molar-refractivity contribution in [3.63, 3.8) is 0 Å². The van der Waals surface area contributed by atoms with Crippen LogP contribution in [0.1, 0.15) is 11.3 Å². The highest BCUT2D eigenvalue weighted by Gasteiger charge is 2.07. The maximum absolute atomic E-state index is 11.5. The van der Waals surface area contributed by atoms with Gasteiger partial charge < -0.3 is 4.42 Å². The molecule has 2 rings (SSSR count). The molecule has 0 bridgehead atoms. The Morgan fingerprint density at radius 3 is 2.40 bits per heavy atom. The van der Waals surface area contributed by atoms with Gasteiger partial charge in [-0.1, -0.05) is 18.2 Å². The quantitative estimate of drug-likeness (QED) is 0.711. The first-order chi connectivity index (χ1) is 7.18. The Morgan fingerprint density at radius 2 is 1.80 bits per heavy atom. The molecule has 0 atom stereocenters. The van der Waals surface area contributed by atoms with Gasteiger partial charge in [-0.25, -0.2) is 0 Å². The lowest BCUT2D eigenvalue weighted by Gasteiger charge is -2.02. The monoisotopic (exact) mass is 201 g/mol. The Labute approximate surface area is 87.4 Å². The standard InChI is InChI=1S/C12H11NO2/c1-8-9(2)15-12(13-11(8)14)10-6-4-3-5-7-10/h3-7H,1-2H3. The van der Waals surface area contributed by atoms with Crippen LogP contribution in [0, 0.1) is 13.8 Å². The summed E-state index contributed by atoms with van der Waals surface area (Å²) in [4.78, 5) is 15.3. The Bertz CT molecular complexity index is 529. The second-order valence-corrected chi connectivity index (χ2v) is 3.37. The molecule has 1 heterocycles. The number of benzene rings is 1. The van der Waals surface area contributed by atoms with Crippen LogP contribution in [-0.2, 0) is 0 Å². The molecular formula is C12H11NO2. The zero-order chi connectivity index (χ0) is 10.8. The predicted octanol–water partition coefficient (Wildman–Crippen LogP) is 2.32. The van der Waals surface area contributed by atoms with Crippen molar-refractivity contribution in [2.75, 3.05) is 0 Å². The summed E-state index contributed by atoms with van der Waals surface area (Å²) in [6.07, 6.45) is 0. The molecule has 0 saturated heterocycles. The molecular weight excluding hydrogens is 190 g/mol. The molecule has 76 valence electrons. The van der Waals surface area contributed by atoms with E-state index in [0.717, 1.165) is 5.56 Å². The lowest BCUT2D eigenvalue weighted by Crippen LogP contribution is -2.11. The number of nitrogens with zero attached hydrogens (tertiary/aromatic N) is 1. The van der Waals surface area contributed by atoms with Crippen molar-refractivity contribution in [3.05, 3.63) is 52.0 Å². The van der Waals surface area contributed by atoms with Crippen molar-refractivity contribution in [1.29, 1.82) is 0 Å². The smallest absolute Gasteiger partial charge is 0.279 e. The third-order valence-electron chi connectivity index (χ3n) is 2.32. The van der Waals surface area contributed by atoms with Gasteiger partial charge in [-0.3, -0.25) is 4.79 Å². The zero-order valence-electron chi connectivity index (χ0n) is 8.65. The number of hydrogen-bond donors (Lipinski definition) is 0. The van der Waals surface area contributed by atoms with E-state index < -0.39 is 0 Å². The summed E-state index contributed by atoms with van der Waals surface area (Å²) in [5.74, 6) is 0.998. The molecule has 0 saturated carbocycles. The van der Waals surface area contributed by atoms with Gasteiger partial charge in [0.2, 0.25) is 5.89 Å². The van der Waals surface area contributed by atoms with E-state index in [-0.39, 0.29) is 5.56 Å². The lowest BCUT2D eigenvalue weighted by atomic mass is 10.2. The molecule has 0 aliphatic rings. The molecule has 0 fully saturated rings. The van der Waals surface area contributed by atoms with Gasteiger partial charge in [0.15, 0.2) is 0 Å². The van der Waals surface area contributed by atoms with E-state index in [1.165, 1.54) is 0 Å². The van der Waals surface area contributed by atoms with Crippen LogP contribution < -0.4 is 5.56 Å². The van der Waals surface area contributed by atoms with Gasteiger partial charge in [-0.05, 0) is 26.0 Å². The van der Waals surface area contributed by atoms with Crippen LogP contribution >= 0.6 is 0 Å². The molecule has 3 heteroatoms. The molecule has 1 aromatic carbocycles. The van der Waals surface area contributed by atoms with E-state index in [4.69, 9.17) is 4.42 Å². The van der Waals surface area contributed by atoms with Crippen LogP contribution in [0.4, 0.5) is 0 Å². The summed E-state index contributed by atoms with van der Waals surface area (Å²) >= 11 is 0. The van der Waals surface area contributed by atoms with Crippen LogP contribution in [-0.4, -0.2) is 4.98 Å². The lowest BCUT2D eigenvalue weighted by molar-refractivity contribution is 0.503. The van der Waals surface area contributed by atoms with Crippen molar-refractivity contribution in [2.45, 2.75) is 13.8 Å². The largest absolute Gasteiger partial charge is 0.442 e. The van der Waals surface area contributed by atoms with E-state index in [1.54, 1.807) is 13.8 Å². The Hall–Kier alpha value is -1.90. The summed E-state index contributed by atoms with van der Waals surface area (Å²) in [5.41, 5.74) is 1.16. The van der Waals surface area contributed by atoms with Crippen LogP contribution in [0.15, 0.2) is 39.5 Å². The summed E-state index contributed by atoms with van der Waals surface area (Å²) in [7, 11) is 0. The Balaban J connectivity index is 2.61. The molecule has 0 N–H and O–H groups in total. The van der Waals surface area contributed by atoms with Crippen molar-refractivity contribution >= 4 is 0 Å². The molecule has 0 unspecified atom stereocenters. The average Bonchev–Trinajstić information content (AvgIpc) is 2.26. The molecule has 0 radical (unpaired) electrons. The second kappa shape index (κ2) is 3.69. The Morgan fingerprint density at radius 1 is 1.13 bits per heavy atom. The van der Waals surface area contributed by atoms with Crippen LogP contribution in [0.3, 0.4) is 0 Å². The number of aryl methyl sites for hydroxylation is 1. The van der Waals surface area contributed by atoms with Crippen LogP contribution in [0.25, 0.3) is 11.5 Å². The molecule has 0 spiro atoms. The number of hydrogen-bond acceptors (Lipinski definition) is 3. The SMILES string of the molecule is Cc1oc(-c2ccccc2)nc(=O)c1C. The molecule has 2 aromatic rings. The maximum Gasteiger partial charge on any atom is 0.279 e. The number of rotatable bonds is 1. The third-order valence-corrected chi connectivity index (χ3v) is 2.32. The van der Waals surface area contributed by atoms with Crippen molar-refractivity contribution in [3.8, 4) is 11.5 Å². The molecule has 0 aliphatic carbocycles. The highest BCUT2D eigenvalue weighted by Crippen LogP contribution is 2.16. The number of aromatic nitrogens is 1.